The van der Waals surface area contributed by atoms with Crippen molar-refractivity contribution in [1.82, 2.24) is 14.9 Å². The highest BCUT2D eigenvalue weighted by atomic mass is 15.1. The molecule has 4 nitrogen and oxygen atoms in total. The second kappa shape index (κ2) is 5.61. The maximum Gasteiger partial charge on any atom is 0.121 e. The molecule has 1 saturated heterocycles. The van der Waals surface area contributed by atoms with E-state index in [0.717, 1.165) is 29.1 Å². The molecule has 3 N–H and O–H groups in total. The van der Waals surface area contributed by atoms with Crippen molar-refractivity contribution in [3.05, 3.63) is 24.0 Å². The van der Waals surface area contributed by atoms with Gasteiger partial charge in [0.25, 0.3) is 0 Å². The zero-order chi connectivity index (χ0) is 13.1. The summed E-state index contributed by atoms with van der Waals surface area (Å²) in [6, 6.07) is 5.85. The molecule has 2 heterocycles. The molecule has 1 aliphatic rings. The average molecular weight is 258 g/mol. The summed E-state index contributed by atoms with van der Waals surface area (Å²) in [6.07, 6.45) is 6.76. The molecule has 0 spiro atoms. The number of benzene rings is 1. The third kappa shape index (κ3) is 3.07. The highest BCUT2D eigenvalue weighted by Crippen LogP contribution is 2.17. The Morgan fingerprint density at radius 1 is 1.11 bits per heavy atom. The molecule has 102 valence electrons. The lowest BCUT2D eigenvalue weighted by atomic mass is 10.1. The molecule has 0 radical (unpaired) electrons. The van der Waals surface area contributed by atoms with Crippen molar-refractivity contribution >= 4 is 16.7 Å². The topological polar surface area (TPSA) is 57.9 Å². The molecule has 0 amide bonds. The van der Waals surface area contributed by atoms with Gasteiger partial charge in [-0.25, -0.2) is 4.98 Å². The van der Waals surface area contributed by atoms with Crippen molar-refractivity contribution in [1.29, 1.82) is 0 Å². The van der Waals surface area contributed by atoms with Gasteiger partial charge in [0.05, 0.1) is 17.6 Å². The van der Waals surface area contributed by atoms with Gasteiger partial charge in [0.1, 0.15) is 5.82 Å². The van der Waals surface area contributed by atoms with Crippen molar-refractivity contribution in [2.24, 2.45) is 0 Å². The van der Waals surface area contributed by atoms with Crippen molar-refractivity contribution in [2.45, 2.75) is 38.6 Å². The minimum Gasteiger partial charge on any atom is -0.399 e. The van der Waals surface area contributed by atoms with Crippen LogP contribution in [0.25, 0.3) is 11.0 Å². The Hall–Kier alpha value is -1.55. The number of nitrogen functional groups attached to an aromatic ring is 1. The van der Waals surface area contributed by atoms with E-state index in [1.165, 1.54) is 45.2 Å². The van der Waals surface area contributed by atoms with E-state index in [1.807, 2.05) is 18.2 Å². The largest absolute Gasteiger partial charge is 0.399 e. The monoisotopic (exact) mass is 258 g/mol. The minimum atomic E-state index is 0.786. The van der Waals surface area contributed by atoms with Crippen LogP contribution in [0.2, 0.25) is 0 Å². The van der Waals surface area contributed by atoms with E-state index in [4.69, 9.17) is 5.73 Å². The summed E-state index contributed by atoms with van der Waals surface area (Å²) in [5.74, 6) is 1.06. The van der Waals surface area contributed by atoms with Gasteiger partial charge in [0.15, 0.2) is 0 Å². The fraction of sp³-hybridized carbons (Fsp3) is 0.533. The van der Waals surface area contributed by atoms with Crippen molar-refractivity contribution in [2.75, 3.05) is 18.8 Å². The number of hydrogen-bond acceptors (Lipinski definition) is 3. The molecule has 19 heavy (non-hydrogen) atoms. The van der Waals surface area contributed by atoms with E-state index < -0.39 is 0 Å². The highest BCUT2D eigenvalue weighted by Gasteiger charge is 2.11. The van der Waals surface area contributed by atoms with E-state index >= 15 is 0 Å². The van der Waals surface area contributed by atoms with Gasteiger partial charge >= 0.3 is 0 Å². The first-order chi connectivity index (χ1) is 9.31. The number of nitrogens with zero attached hydrogens (tertiary/aromatic N) is 2. The number of H-pyrrole nitrogens is 1. The van der Waals surface area contributed by atoms with Crippen LogP contribution in [-0.4, -0.2) is 28.0 Å². The van der Waals surface area contributed by atoms with Crippen LogP contribution in [0.5, 0.6) is 0 Å². The van der Waals surface area contributed by atoms with Gasteiger partial charge in [0.2, 0.25) is 0 Å². The van der Waals surface area contributed by atoms with Crippen LogP contribution in [0.15, 0.2) is 18.2 Å². The summed E-state index contributed by atoms with van der Waals surface area (Å²) in [6.45, 7) is 3.31. The summed E-state index contributed by atoms with van der Waals surface area (Å²) in [5, 5.41) is 0. The van der Waals surface area contributed by atoms with Crippen molar-refractivity contribution in [3.63, 3.8) is 0 Å². The maximum absolute atomic E-state index is 5.80. The number of aromatic amines is 1. The minimum absolute atomic E-state index is 0.786. The van der Waals surface area contributed by atoms with Crippen LogP contribution < -0.4 is 5.73 Å². The highest BCUT2D eigenvalue weighted by molar-refractivity contribution is 5.78. The molecule has 1 aliphatic heterocycles. The van der Waals surface area contributed by atoms with Crippen LogP contribution in [0.4, 0.5) is 5.69 Å². The lowest BCUT2D eigenvalue weighted by Gasteiger charge is -2.23. The predicted octanol–water partition coefficient (Wildman–Crippen LogP) is 2.91. The number of nitrogens with two attached hydrogens (primary N) is 1. The first-order valence-electron chi connectivity index (χ1n) is 7.28. The molecule has 2 aromatic rings. The third-order valence-electron chi connectivity index (χ3n) is 3.88. The number of imidazole rings is 1. The zero-order valence-electron chi connectivity index (χ0n) is 11.4. The SMILES string of the molecule is Nc1ccc2nc(CN3CCCCCCC3)[nH]c2c1. The Labute approximate surface area is 114 Å². The second-order valence-corrected chi connectivity index (χ2v) is 5.50. The molecule has 1 fully saturated rings. The average Bonchev–Trinajstić information content (AvgIpc) is 2.74. The summed E-state index contributed by atoms with van der Waals surface area (Å²) in [5.41, 5.74) is 8.64. The Bertz CT molecular complexity index is 538. The molecule has 1 aromatic heterocycles. The van der Waals surface area contributed by atoms with Crippen molar-refractivity contribution < 1.29 is 0 Å². The second-order valence-electron chi connectivity index (χ2n) is 5.50. The fourth-order valence-corrected chi connectivity index (χ4v) is 2.84. The number of fused-ring (bicyclic) bond motifs is 1. The normalized spacial score (nSPS) is 18.3. The van der Waals surface area contributed by atoms with Gasteiger partial charge in [-0.15, -0.1) is 0 Å². The molecule has 0 aliphatic carbocycles. The molecule has 1 aromatic carbocycles. The molecule has 0 saturated carbocycles. The van der Waals surface area contributed by atoms with Crippen LogP contribution in [0.1, 0.15) is 37.9 Å². The number of anilines is 1. The number of rotatable bonds is 2. The standard InChI is InChI=1S/C15H22N4/c16-12-6-7-13-14(10-12)18-15(17-13)11-19-8-4-2-1-3-5-9-19/h6-7,10H,1-5,8-9,11,16H2,(H,17,18). The lowest BCUT2D eigenvalue weighted by Crippen LogP contribution is -2.27. The van der Waals surface area contributed by atoms with E-state index in [2.05, 4.69) is 14.9 Å². The van der Waals surface area contributed by atoms with Gasteiger partial charge in [0, 0.05) is 5.69 Å². The number of likely N-dealkylation sites (tertiary alicyclic amines) is 1. The number of aromatic nitrogens is 2. The number of nitrogens with one attached hydrogen (secondary N) is 1. The van der Waals surface area contributed by atoms with Crippen molar-refractivity contribution in [3.8, 4) is 0 Å². The Morgan fingerprint density at radius 2 is 1.84 bits per heavy atom. The smallest absolute Gasteiger partial charge is 0.121 e. The van der Waals surface area contributed by atoms with Gasteiger partial charge in [-0.05, 0) is 44.1 Å². The third-order valence-corrected chi connectivity index (χ3v) is 3.88. The van der Waals surface area contributed by atoms with E-state index in [1.54, 1.807) is 0 Å². The van der Waals surface area contributed by atoms with E-state index in [0.29, 0.717) is 0 Å². The van der Waals surface area contributed by atoms with Gasteiger partial charge < -0.3 is 10.7 Å². The van der Waals surface area contributed by atoms with E-state index in [-0.39, 0.29) is 0 Å². The molecule has 0 atom stereocenters. The fourth-order valence-electron chi connectivity index (χ4n) is 2.84. The molecule has 0 bridgehead atoms. The van der Waals surface area contributed by atoms with Gasteiger partial charge in [-0.2, -0.15) is 0 Å². The maximum atomic E-state index is 5.80. The molecular weight excluding hydrogens is 236 g/mol. The Kier molecular flexibility index (Phi) is 3.69. The van der Waals surface area contributed by atoms with E-state index in [9.17, 15) is 0 Å². The Morgan fingerprint density at radius 3 is 2.63 bits per heavy atom. The lowest BCUT2D eigenvalue weighted by molar-refractivity contribution is 0.235. The summed E-state index contributed by atoms with van der Waals surface area (Å²) >= 11 is 0. The summed E-state index contributed by atoms with van der Waals surface area (Å²) in [7, 11) is 0. The molecule has 3 rings (SSSR count). The molecule has 4 heteroatoms. The van der Waals surface area contributed by atoms with Crippen LogP contribution in [0, 0.1) is 0 Å². The summed E-state index contributed by atoms with van der Waals surface area (Å²) < 4.78 is 0. The van der Waals surface area contributed by atoms with Crippen LogP contribution in [0.3, 0.4) is 0 Å². The summed E-state index contributed by atoms with van der Waals surface area (Å²) in [4.78, 5) is 10.6. The molecule has 0 unspecified atom stereocenters. The van der Waals surface area contributed by atoms with Crippen LogP contribution in [-0.2, 0) is 6.54 Å². The molecular formula is C15H22N4. The zero-order valence-corrected chi connectivity index (χ0v) is 11.4. The quantitative estimate of drug-likeness (QED) is 0.814. The number of hydrogen-bond donors (Lipinski definition) is 2. The Balaban J connectivity index is 1.72. The predicted molar refractivity (Wildman–Crippen MR) is 78.9 cm³/mol. The van der Waals surface area contributed by atoms with Gasteiger partial charge in [-0.1, -0.05) is 19.3 Å². The van der Waals surface area contributed by atoms with Gasteiger partial charge in [-0.3, -0.25) is 4.90 Å². The first kappa shape index (κ1) is 12.5. The first-order valence-corrected chi connectivity index (χ1v) is 7.28. The van der Waals surface area contributed by atoms with Crippen LogP contribution >= 0.6 is 0 Å².